The van der Waals surface area contributed by atoms with Crippen LogP contribution in [-0.4, -0.2) is 49.6 Å². The minimum atomic E-state index is -3.10. The lowest BCUT2D eigenvalue weighted by atomic mass is 10.2. The molecule has 0 fully saturated rings. The van der Waals surface area contributed by atoms with Crippen LogP contribution in [0.3, 0.4) is 0 Å². The number of rotatable bonds is 10. The summed E-state index contributed by atoms with van der Waals surface area (Å²) in [6.45, 7) is 13.5. The lowest BCUT2D eigenvalue weighted by Crippen LogP contribution is -2.51. The van der Waals surface area contributed by atoms with E-state index in [1.54, 1.807) is 0 Å². The summed E-state index contributed by atoms with van der Waals surface area (Å²) in [7, 11) is -1.76. The molecule has 0 aromatic heterocycles. The van der Waals surface area contributed by atoms with Gasteiger partial charge in [0.2, 0.25) is 0 Å². The highest BCUT2D eigenvalue weighted by molar-refractivity contribution is 6.88. The maximum atomic E-state index is 12.1. The molecule has 6 nitrogen and oxygen atoms in total. The van der Waals surface area contributed by atoms with E-state index in [9.17, 15) is 9.59 Å². The van der Waals surface area contributed by atoms with Crippen LogP contribution in [0.1, 0.15) is 6.42 Å². The zero-order valence-electron chi connectivity index (χ0n) is 14.1. The summed E-state index contributed by atoms with van der Waals surface area (Å²) in [5.41, 5.74) is 0.600. The fraction of sp³-hybridized carbons (Fsp3) is 0.571. The Morgan fingerprint density at radius 3 is 2.09 bits per heavy atom. The minimum Gasteiger partial charge on any atom is -0.470 e. The number of esters is 1. The van der Waals surface area contributed by atoms with Crippen molar-refractivity contribution in [1.29, 1.82) is 0 Å². The van der Waals surface area contributed by atoms with Gasteiger partial charge in [-0.2, -0.15) is 0 Å². The second-order valence-electron chi connectivity index (χ2n) is 5.97. The maximum absolute atomic E-state index is 12.1. The van der Waals surface area contributed by atoms with Crippen molar-refractivity contribution in [3.05, 3.63) is 24.8 Å². The molecule has 0 aromatic rings. The molecule has 0 aliphatic rings. The van der Waals surface area contributed by atoms with Crippen LogP contribution in [0.4, 0.5) is 0 Å². The molecule has 0 rings (SSSR count). The Balaban J connectivity index is 4.79. The van der Waals surface area contributed by atoms with Crippen molar-refractivity contribution in [2.24, 2.45) is 0 Å². The third-order valence-corrected chi connectivity index (χ3v) is 10.3. The van der Waals surface area contributed by atoms with Crippen LogP contribution in [0.25, 0.3) is 0 Å². The molecule has 0 bridgehead atoms. The van der Waals surface area contributed by atoms with Crippen molar-refractivity contribution in [3.8, 4) is 0 Å². The van der Waals surface area contributed by atoms with Crippen molar-refractivity contribution in [2.75, 3.05) is 20.8 Å². The van der Waals surface area contributed by atoms with Gasteiger partial charge in [0.25, 0.3) is 0 Å². The smallest absolute Gasteiger partial charge is 0.470 e. The van der Waals surface area contributed by atoms with Crippen molar-refractivity contribution < 1.29 is 27.6 Å². The lowest BCUT2D eigenvalue weighted by molar-refractivity contribution is -0.144. The van der Waals surface area contributed by atoms with Crippen molar-refractivity contribution in [3.63, 3.8) is 0 Å². The van der Waals surface area contributed by atoms with Gasteiger partial charge in [0.15, 0.2) is 0 Å². The third-order valence-electron chi connectivity index (χ3n) is 2.63. The van der Waals surface area contributed by atoms with Crippen LogP contribution in [0.15, 0.2) is 24.8 Å². The van der Waals surface area contributed by atoms with Crippen LogP contribution >= 0.6 is 0 Å². The summed E-state index contributed by atoms with van der Waals surface area (Å²) in [6, 6.07) is 0. The molecule has 0 N–H and O–H groups in total. The first-order chi connectivity index (χ1) is 10.1. The Morgan fingerprint density at radius 2 is 1.68 bits per heavy atom. The molecule has 0 aromatic carbocycles. The molecule has 0 amide bonds. The van der Waals surface area contributed by atoms with Crippen LogP contribution in [0.2, 0.25) is 25.3 Å². The largest absolute Gasteiger partial charge is 0.564 e. The first kappa shape index (κ1) is 20.8. The molecule has 0 unspecified atom stereocenters. The Labute approximate surface area is 134 Å². The maximum Gasteiger partial charge on any atom is 0.564 e. The molecule has 0 aliphatic heterocycles. The van der Waals surface area contributed by atoms with Gasteiger partial charge in [0.1, 0.15) is 6.61 Å². The molecule has 0 atom stereocenters. The van der Waals surface area contributed by atoms with E-state index in [0.717, 1.165) is 0 Å². The van der Waals surface area contributed by atoms with Crippen LogP contribution < -0.4 is 0 Å². The first-order valence-corrected chi connectivity index (χ1v) is 12.5. The summed E-state index contributed by atoms with van der Waals surface area (Å²) >= 11 is 0. The molecule has 0 radical (unpaired) electrons. The summed E-state index contributed by atoms with van der Waals surface area (Å²) < 4.78 is 21.0. The average Bonchev–Trinajstić information content (AvgIpc) is 2.42. The van der Waals surface area contributed by atoms with E-state index in [1.807, 2.05) is 0 Å². The van der Waals surface area contributed by atoms with Crippen LogP contribution in [-0.2, 0) is 27.6 Å². The van der Waals surface area contributed by atoms with E-state index in [0.29, 0.717) is 5.67 Å². The second-order valence-corrected chi connectivity index (χ2v) is 14.9. The summed E-state index contributed by atoms with van der Waals surface area (Å²) in [4.78, 5) is 23.6. The standard InChI is InChI=1S/C14H26O6Si2/c1-8-9-19-13(15)10-12(2)14(16)20-22(17-3,18-4)11-21(5,6)7/h8H,1-2,9-11H2,3-7H3. The molecule has 0 saturated carbocycles. The van der Waals surface area contributed by atoms with Gasteiger partial charge in [0.05, 0.1) is 14.5 Å². The van der Waals surface area contributed by atoms with Crippen molar-refractivity contribution in [2.45, 2.75) is 31.7 Å². The summed E-state index contributed by atoms with van der Waals surface area (Å²) in [6.07, 6.45) is 1.21. The Kier molecular flexibility index (Phi) is 8.53. The molecule has 0 spiro atoms. The fourth-order valence-corrected chi connectivity index (χ4v) is 9.06. The number of hydrogen-bond acceptors (Lipinski definition) is 6. The molecular weight excluding hydrogens is 320 g/mol. The number of carbonyl (C=O) groups excluding carboxylic acids is 2. The summed E-state index contributed by atoms with van der Waals surface area (Å²) in [5, 5.41) is 0. The molecule has 22 heavy (non-hydrogen) atoms. The number of ether oxygens (including phenoxy) is 1. The van der Waals surface area contributed by atoms with E-state index in [4.69, 9.17) is 18.0 Å². The second kappa shape index (κ2) is 9.03. The van der Waals surface area contributed by atoms with Gasteiger partial charge in [-0.15, -0.1) is 0 Å². The van der Waals surface area contributed by atoms with E-state index < -0.39 is 28.8 Å². The number of carbonyl (C=O) groups is 2. The van der Waals surface area contributed by atoms with Gasteiger partial charge >= 0.3 is 20.7 Å². The molecule has 0 heterocycles. The van der Waals surface area contributed by atoms with E-state index in [2.05, 4.69) is 32.8 Å². The highest BCUT2D eigenvalue weighted by Crippen LogP contribution is 2.23. The number of hydrogen-bond donors (Lipinski definition) is 0. The van der Waals surface area contributed by atoms with Crippen molar-refractivity contribution >= 4 is 28.8 Å². The predicted octanol–water partition coefficient (Wildman–Crippen LogP) is 2.31. The van der Waals surface area contributed by atoms with Gasteiger partial charge in [-0.25, -0.2) is 4.79 Å². The van der Waals surface area contributed by atoms with Gasteiger partial charge in [-0.05, 0) is 0 Å². The quantitative estimate of drug-likeness (QED) is 0.262. The molecule has 8 heteroatoms. The Morgan fingerprint density at radius 1 is 1.14 bits per heavy atom. The highest BCUT2D eigenvalue weighted by atomic mass is 28.4. The van der Waals surface area contributed by atoms with Gasteiger partial charge in [-0.1, -0.05) is 38.9 Å². The predicted molar refractivity (Wildman–Crippen MR) is 88.9 cm³/mol. The van der Waals surface area contributed by atoms with E-state index in [1.165, 1.54) is 20.3 Å². The zero-order valence-corrected chi connectivity index (χ0v) is 16.1. The molecule has 126 valence electrons. The average molecular weight is 347 g/mol. The monoisotopic (exact) mass is 346 g/mol. The fourth-order valence-electron chi connectivity index (χ4n) is 1.66. The first-order valence-electron chi connectivity index (χ1n) is 6.87. The normalized spacial score (nSPS) is 11.7. The zero-order chi connectivity index (χ0) is 17.4. The molecule has 0 aliphatic carbocycles. The topological polar surface area (TPSA) is 71.1 Å². The summed E-state index contributed by atoms with van der Waals surface area (Å²) in [5.74, 6) is -1.25. The van der Waals surface area contributed by atoms with Gasteiger partial charge in [0, 0.05) is 25.5 Å². The highest BCUT2D eigenvalue weighted by Gasteiger charge is 2.47. The van der Waals surface area contributed by atoms with Crippen molar-refractivity contribution in [1.82, 2.24) is 0 Å². The molecule has 0 saturated heterocycles. The third kappa shape index (κ3) is 7.69. The lowest BCUT2D eigenvalue weighted by Gasteiger charge is -2.30. The van der Waals surface area contributed by atoms with Gasteiger partial charge < -0.3 is 18.0 Å². The SMILES string of the molecule is C=CCOC(=O)CC(=C)C(=O)O[Si](C[Si](C)(C)C)(OC)OC. The van der Waals surface area contributed by atoms with Gasteiger partial charge in [-0.3, -0.25) is 4.79 Å². The van der Waals surface area contributed by atoms with Crippen LogP contribution in [0.5, 0.6) is 0 Å². The minimum absolute atomic E-state index is 0.00983. The van der Waals surface area contributed by atoms with E-state index >= 15 is 0 Å². The van der Waals surface area contributed by atoms with Crippen LogP contribution in [0, 0.1) is 0 Å². The molecular formula is C14H26O6Si2. The van der Waals surface area contributed by atoms with E-state index in [-0.39, 0.29) is 18.6 Å². The Bertz CT molecular complexity index is 424. The Hall–Kier alpha value is -1.23.